The van der Waals surface area contributed by atoms with E-state index >= 15 is 14.0 Å². The van der Waals surface area contributed by atoms with Gasteiger partial charge in [-0.3, -0.25) is 14.5 Å². The van der Waals surface area contributed by atoms with Crippen LogP contribution in [0, 0.1) is 17.7 Å². The summed E-state index contributed by atoms with van der Waals surface area (Å²) in [5, 5.41) is 16.1. The molecule has 0 radical (unpaired) electrons. The molecule has 1 aromatic heterocycles. The van der Waals surface area contributed by atoms with Crippen LogP contribution in [-0.2, 0) is 20.6 Å². The zero-order chi connectivity index (χ0) is 40.7. The molecule has 6 rings (SSSR count). The SMILES string of the molecule is C[C@H]1c2c(F)c(Br)c(Br)c(OC(=O)OC(C)(C)C)c2C(O)=C2C(=O)[C@]3(O[Si](C)(C)C(C)(C)C)C(=O)c4c(OCc5ccccc5)noc4[C@@H](N(C)C)[C@@H]3C[C@@H]21. The van der Waals surface area contributed by atoms with Crippen LogP contribution in [-0.4, -0.2) is 66.5 Å². The maximum atomic E-state index is 16.5. The van der Waals surface area contributed by atoms with Gasteiger partial charge in [0.1, 0.15) is 29.3 Å². The number of aliphatic hydroxyl groups excluding tert-OH is 1. The summed E-state index contributed by atoms with van der Waals surface area (Å²) in [4.78, 5) is 46.1. The monoisotopic (exact) mass is 904 g/mol. The highest BCUT2D eigenvalue weighted by molar-refractivity contribution is 9.13. The third-order valence-corrected chi connectivity index (χ3v) is 17.8. The van der Waals surface area contributed by atoms with Gasteiger partial charge in [-0.05, 0) is 114 Å². The maximum Gasteiger partial charge on any atom is 0.514 e. The predicted molar refractivity (Wildman–Crippen MR) is 212 cm³/mol. The number of rotatable bonds is 7. The molecule has 0 aliphatic heterocycles. The van der Waals surface area contributed by atoms with Gasteiger partial charge in [0.05, 0.1) is 20.6 Å². The lowest BCUT2D eigenvalue weighted by molar-refractivity contribution is -0.141. The Labute approximate surface area is 338 Å². The number of carbonyl (C=O) groups is 3. The predicted octanol–water partition coefficient (Wildman–Crippen LogP) is 10.1. The van der Waals surface area contributed by atoms with E-state index in [4.69, 9.17) is 23.2 Å². The van der Waals surface area contributed by atoms with Crippen molar-refractivity contribution in [2.75, 3.05) is 14.1 Å². The van der Waals surface area contributed by atoms with Gasteiger partial charge in [0.2, 0.25) is 11.6 Å². The molecule has 1 N–H and O–H groups in total. The first-order valence-electron chi connectivity index (χ1n) is 18.1. The molecule has 0 bridgehead atoms. The van der Waals surface area contributed by atoms with Gasteiger partial charge < -0.3 is 28.3 Å². The van der Waals surface area contributed by atoms with Crippen molar-refractivity contribution in [3.63, 3.8) is 0 Å². The van der Waals surface area contributed by atoms with E-state index in [1.807, 2.05) is 83.2 Å². The second-order valence-corrected chi connectivity index (χ2v) is 23.6. The van der Waals surface area contributed by atoms with Gasteiger partial charge in [-0.15, -0.1) is 0 Å². The van der Waals surface area contributed by atoms with Gasteiger partial charge in [0.25, 0.3) is 5.88 Å². The quantitative estimate of drug-likeness (QED) is 0.0797. The Morgan fingerprint density at radius 3 is 2.27 bits per heavy atom. The number of carbonyl (C=O) groups excluding carboxylic acids is 3. The Kier molecular flexibility index (Phi) is 10.7. The summed E-state index contributed by atoms with van der Waals surface area (Å²) in [6.45, 7) is 16.7. The second-order valence-electron chi connectivity index (χ2n) is 17.3. The lowest BCUT2D eigenvalue weighted by atomic mass is 9.55. The van der Waals surface area contributed by atoms with E-state index in [-0.39, 0.29) is 61.6 Å². The van der Waals surface area contributed by atoms with Crippen molar-refractivity contribution in [1.82, 2.24) is 10.1 Å². The van der Waals surface area contributed by atoms with E-state index in [9.17, 15) is 9.90 Å². The zero-order valence-corrected chi connectivity index (χ0v) is 37.0. The summed E-state index contributed by atoms with van der Waals surface area (Å²) in [7, 11) is 0.619. The van der Waals surface area contributed by atoms with Crippen molar-refractivity contribution in [2.45, 2.75) is 103 Å². The number of aromatic nitrogens is 1. The molecule has 55 heavy (non-hydrogen) atoms. The molecule has 3 aliphatic rings. The largest absolute Gasteiger partial charge is 0.514 e. The number of Topliss-reactive ketones (excluding diaryl/α,β-unsaturated/α-hetero) is 2. The number of halogens is 3. The lowest BCUT2D eigenvalue weighted by Crippen LogP contribution is -2.68. The van der Waals surface area contributed by atoms with Crippen LogP contribution in [0.1, 0.15) is 99.7 Å². The second kappa shape index (κ2) is 14.2. The highest BCUT2D eigenvalue weighted by Gasteiger charge is 2.69. The Balaban J connectivity index is 1.61. The molecule has 0 unspecified atom stereocenters. The molecule has 0 spiro atoms. The molecule has 1 heterocycles. The van der Waals surface area contributed by atoms with Crippen molar-refractivity contribution >= 4 is 63.7 Å². The number of ketones is 2. The molecule has 1 fully saturated rings. The highest BCUT2D eigenvalue weighted by Crippen LogP contribution is 2.62. The Morgan fingerprint density at radius 1 is 1.05 bits per heavy atom. The Morgan fingerprint density at radius 2 is 1.69 bits per heavy atom. The molecule has 3 aromatic rings. The van der Waals surface area contributed by atoms with Crippen LogP contribution in [0.15, 0.2) is 49.4 Å². The molecule has 3 aliphatic carbocycles. The number of nitrogens with zero attached hydrogens (tertiary/aromatic N) is 2. The molecule has 11 nitrogen and oxygen atoms in total. The summed E-state index contributed by atoms with van der Waals surface area (Å²) in [6.07, 6.45) is -0.987. The zero-order valence-electron chi connectivity index (χ0n) is 32.9. The molecule has 296 valence electrons. The summed E-state index contributed by atoms with van der Waals surface area (Å²) in [5.74, 6) is -5.25. The van der Waals surface area contributed by atoms with E-state index in [0.29, 0.717) is 0 Å². The van der Waals surface area contributed by atoms with Crippen LogP contribution < -0.4 is 9.47 Å². The standard InChI is InChI=1S/C40H47Br2FN2O9Si/c1-19-21-17-22-30(45(8)9)33-26(36(44-53-33)50-18-20-15-13-12-14-16-20)35(48)40(22,54-55(10,11)39(5,6)7)34(47)24(21)31(46)25-23(19)29(43)27(41)28(42)32(25)51-37(49)52-38(2,3)4/h12-16,19,21-22,30,46H,17-18H2,1-11H3/t19-,21-,22+,30+,40+/m1/s1. The molecule has 5 atom stereocenters. The van der Waals surface area contributed by atoms with Gasteiger partial charge in [-0.2, -0.15) is 0 Å². The minimum absolute atomic E-state index is 0.00703. The van der Waals surface area contributed by atoms with Gasteiger partial charge in [-0.25, -0.2) is 9.18 Å². The molecule has 2 aromatic carbocycles. The molecular formula is C40H47Br2FN2O9Si. The first-order chi connectivity index (χ1) is 25.4. The van der Waals surface area contributed by atoms with E-state index in [2.05, 4.69) is 37.0 Å². The topological polar surface area (TPSA) is 138 Å². The van der Waals surface area contributed by atoms with E-state index < -0.39 is 77.7 Å². The van der Waals surface area contributed by atoms with E-state index in [1.54, 1.807) is 27.7 Å². The van der Waals surface area contributed by atoms with Crippen molar-refractivity contribution in [2.24, 2.45) is 11.8 Å². The summed E-state index contributed by atoms with van der Waals surface area (Å²) >= 11 is 6.63. The molecule has 0 saturated heterocycles. The van der Waals surface area contributed by atoms with Gasteiger partial charge in [-0.1, -0.05) is 58.0 Å². The van der Waals surface area contributed by atoms with Crippen LogP contribution in [0.5, 0.6) is 11.6 Å². The molecule has 15 heteroatoms. The minimum atomic E-state index is -3.01. The van der Waals surface area contributed by atoms with Gasteiger partial charge >= 0.3 is 6.16 Å². The van der Waals surface area contributed by atoms with Crippen molar-refractivity contribution in [1.29, 1.82) is 0 Å². The number of hydrogen-bond donors (Lipinski definition) is 1. The van der Waals surface area contributed by atoms with Crippen LogP contribution in [0.2, 0.25) is 18.1 Å². The fourth-order valence-corrected chi connectivity index (χ4v) is 10.1. The fraction of sp³-hybridized carbons (Fsp3) is 0.500. The fourth-order valence-electron chi connectivity index (χ4n) is 7.77. The van der Waals surface area contributed by atoms with Crippen molar-refractivity contribution in [3.05, 3.63) is 78.7 Å². The number of fused-ring (bicyclic) bond motifs is 4. The average Bonchev–Trinajstić information content (AvgIpc) is 3.49. The van der Waals surface area contributed by atoms with Crippen LogP contribution in [0.25, 0.3) is 5.76 Å². The normalized spacial score (nSPS) is 23.9. The highest BCUT2D eigenvalue weighted by atomic mass is 79.9. The van der Waals surface area contributed by atoms with Gasteiger partial charge in [0.15, 0.2) is 25.4 Å². The summed E-state index contributed by atoms with van der Waals surface area (Å²) < 4.78 is 46.7. The van der Waals surface area contributed by atoms with Gasteiger partial charge in [0, 0.05) is 17.1 Å². The summed E-state index contributed by atoms with van der Waals surface area (Å²) in [5.41, 5.74) is -2.57. The van der Waals surface area contributed by atoms with E-state index in [1.165, 1.54) is 0 Å². The first kappa shape index (κ1) is 41.3. The molecular weight excluding hydrogens is 859 g/mol. The Hall–Kier alpha value is -3.37. The number of ether oxygens (including phenoxy) is 3. The third kappa shape index (κ3) is 6.81. The molecule has 1 saturated carbocycles. The molecule has 0 amide bonds. The van der Waals surface area contributed by atoms with Crippen molar-refractivity contribution in [3.8, 4) is 11.6 Å². The average molecular weight is 907 g/mol. The number of hydrogen-bond acceptors (Lipinski definition) is 11. The third-order valence-electron chi connectivity index (χ3n) is 11.3. The summed E-state index contributed by atoms with van der Waals surface area (Å²) in [6, 6.07) is 8.64. The number of benzene rings is 2. The lowest BCUT2D eigenvalue weighted by Gasteiger charge is -2.55. The minimum Gasteiger partial charge on any atom is -0.507 e. The van der Waals surface area contributed by atoms with Crippen molar-refractivity contribution < 1.29 is 47.0 Å². The number of aliphatic hydroxyl groups is 1. The van der Waals surface area contributed by atoms with Crippen LogP contribution in [0.4, 0.5) is 9.18 Å². The smallest absolute Gasteiger partial charge is 0.507 e. The maximum absolute atomic E-state index is 16.5. The first-order valence-corrected chi connectivity index (χ1v) is 22.6. The van der Waals surface area contributed by atoms with Crippen LogP contribution >= 0.6 is 31.9 Å². The van der Waals surface area contributed by atoms with E-state index in [0.717, 1.165) is 5.56 Å². The van der Waals surface area contributed by atoms with Crippen LogP contribution in [0.3, 0.4) is 0 Å². The Bertz CT molecular complexity index is 2100.